The topological polar surface area (TPSA) is 57.6 Å². The first-order valence-corrected chi connectivity index (χ1v) is 7.38. The van der Waals surface area contributed by atoms with Gasteiger partial charge in [0, 0.05) is 24.4 Å². The predicted octanol–water partition coefficient (Wildman–Crippen LogP) is 2.39. The summed E-state index contributed by atoms with van der Waals surface area (Å²) in [7, 11) is 1.71. The minimum atomic E-state index is -1.15. The highest BCUT2D eigenvalue weighted by molar-refractivity contribution is 7.09. The van der Waals surface area contributed by atoms with Crippen molar-refractivity contribution in [3.05, 3.63) is 22.4 Å². The average Bonchev–Trinajstić information content (AvgIpc) is 2.78. The third kappa shape index (κ3) is 2.52. The molecular formula is C14H19NO3S. The van der Waals surface area contributed by atoms with Gasteiger partial charge in [0.15, 0.2) is 0 Å². The zero-order valence-corrected chi connectivity index (χ0v) is 12.1. The van der Waals surface area contributed by atoms with E-state index in [0.29, 0.717) is 12.8 Å². The highest BCUT2D eigenvalue weighted by Crippen LogP contribution is 2.43. The molecule has 0 aliphatic heterocycles. The maximum atomic E-state index is 12.4. The number of rotatable bonds is 5. The van der Waals surface area contributed by atoms with E-state index in [1.165, 1.54) is 4.88 Å². The Hall–Kier alpha value is -1.36. The van der Waals surface area contributed by atoms with E-state index in [-0.39, 0.29) is 11.9 Å². The number of carbonyl (C=O) groups is 2. The van der Waals surface area contributed by atoms with Gasteiger partial charge in [-0.25, -0.2) is 0 Å². The van der Waals surface area contributed by atoms with Crippen LogP contribution in [0.25, 0.3) is 0 Å². The molecule has 5 heteroatoms. The number of likely N-dealkylation sites (N-methyl/N-ethyl adjacent to an activating group) is 1. The SMILES string of the molecule is CC(Cc1cccs1)N(C)C(=O)C1(C(=O)O)CCC1. The number of carboxylic acids is 1. The fourth-order valence-electron chi connectivity index (χ4n) is 2.44. The molecule has 1 unspecified atom stereocenters. The fourth-order valence-corrected chi connectivity index (χ4v) is 3.27. The maximum absolute atomic E-state index is 12.4. The molecule has 2 rings (SSSR count). The van der Waals surface area contributed by atoms with E-state index >= 15 is 0 Å². The van der Waals surface area contributed by atoms with E-state index in [4.69, 9.17) is 0 Å². The van der Waals surface area contributed by atoms with E-state index in [1.807, 2.05) is 24.4 Å². The molecule has 1 aromatic rings. The van der Waals surface area contributed by atoms with Crippen LogP contribution in [0.5, 0.6) is 0 Å². The minimum Gasteiger partial charge on any atom is -0.480 e. The monoisotopic (exact) mass is 281 g/mol. The molecule has 4 nitrogen and oxygen atoms in total. The largest absolute Gasteiger partial charge is 0.480 e. The number of nitrogens with zero attached hydrogens (tertiary/aromatic N) is 1. The van der Waals surface area contributed by atoms with Crippen LogP contribution in [0.2, 0.25) is 0 Å². The predicted molar refractivity (Wildman–Crippen MR) is 74.2 cm³/mol. The summed E-state index contributed by atoms with van der Waals surface area (Å²) in [5.41, 5.74) is -1.15. The molecule has 104 valence electrons. The van der Waals surface area contributed by atoms with Gasteiger partial charge in [0.05, 0.1) is 0 Å². The quantitative estimate of drug-likeness (QED) is 0.843. The van der Waals surface area contributed by atoms with Crippen LogP contribution in [0.3, 0.4) is 0 Å². The lowest BCUT2D eigenvalue weighted by Crippen LogP contribution is -2.53. The molecule has 0 spiro atoms. The molecule has 0 saturated heterocycles. The number of hydrogen-bond acceptors (Lipinski definition) is 3. The molecule has 0 bridgehead atoms. The van der Waals surface area contributed by atoms with Gasteiger partial charge in [-0.2, -0.15) is 0 Å². The molecule has 19 heavy (non-hydrogen) atoms. The summed E-state index contributed by atoms with van der Waals surface area (Å²) in [5, 5.41) is 11.3. The number of thiophene rings is 1. The van der Waals surface area contributed by atoms with E-state index in [9.17, 15) is 14.7 Å². The molecule has 1 aliphatic carbocycles. The fraction of sp³-hybridized carbons (Fsp3) is 0.571. The van der Waals surface area contributed by atoms with E-state index < -0.39 is 11.4 Å². The van der Waals surface area contributed by atoms with Gasteiger partial charge in [0.2, 0.25) is 5.91 Å². The summed E-state index contributed by atoms with van der Waals surface area (Å²) in [4.78, 5) is 26.6. The molecule has 0 aromatic carbocycles. The van der Waals surface area contributed by atoms with Crippen LogP contribution >= 0.6 is 11.3 Å². The molecule has 1 aromatic heterocycles. The summed E-state index contributed by atoms with van der Waals surface area (Å²) in [6.07, 6.45) is 2.54. The standard InChI is InChI=1S/C14H19NO3S/c1-10(9-11-5-3-8-19-11)15(2)12(16)14(13(17)18)6-4-7-14/h3,5,8,10H,4,6-7,9H2,1-2H3,(H,17,18). The third-order valence-electron chi connectivity index (χ3n) is 4.08. The Morgan fingerprint density at radius 1 is 1.53 bits per heavy atom. The second-order valence-corrected chi connectivity index (χ2v) is 6.32. The highest BCUT2D eigenvalue weighted by Gasteiger charge is 2.52. The van der Waals surface area contributed by atoms with Crippen molar-refractivity contribution >= 4 is 23.2 Å². The molecule has 1 atom stereocenters. The van der Waals surface area contributed by atoms with Crippen LogP contribution in [0, 0.1) is 5.41 Å². The van der Waals surface area contributed by atoms with Crippen LogP contribution in [-0.4, -0.2) is 35.0 Å². The molecule has 0 radical (unpaired) electrons. The molecule has 1 aliphatic rings. The van der Waals surface area contributed by atoms with Crippen LogP contribution in [0.4, 0.5) is 0 Å². The van der Waals surface area contributed by atoms with Gasteiger partial charge in [-0.3, -0.25) is 9.59 Å². The van der Waals surface area contributed by atoms with Crippen molar-refractivity contribution < 1.29 is 14.7 Å². The Labute approximate surface area is 117 Å². The number of amides is 1. The van der Waals surface area contributed by atoms with Crippen LogP contribution < -0.4 is 0 Å². The zero-order valence-electron chi connectivity index (χ0n) is 11.3. The summed E-state index contributed by atoms with van der Waals surface area (Å²) in [6.45, 7) is 1.96. The zero-order chi connectivity index (χ0) is 14.0. The second-order valence-electron chi connectivity index (χ2n) is 5.29. The second kappa shape index (κ2) is 5.33. The smallest absolute Gasteiger partial charge is 0.319 e. The Bertz CT molecular complexity index is 465. The lowest BCUT2D eigenvalue weighted by Gasteiger charge is -2.40. The highest BCUT2D eigenvalue weighted by atomic mass is 32.1. The van der Waals surface area contributed by atoms with Crippen molar-refractivity contribution in [2.24, 2.45) is 5.41 Å². The van der Waals surface area contributed by atoms with Crippen molar-refractivity contribution in [2.75, 3.05) is 7.05 Å². The van der Waals surface area contributed by atoms with E-state index in [2.05, 4.69) is 0 Å². The van der Waals surface area contributed by atoms with Crippen molar-refractivity contribution in [3.63, 3.8) is 0 Å². The average molecular weight is 281 g/mol. The number of carbonyl (C=O) groups excluding carboxylic acids is 1. The van der Waals surface area contributed by atoms with Crippen molar-refractivity contribution in [2.45, 2.75) is 38.6 Å². The van der Waals surface area contributed by atoms with Crippen molar-refractivity contribution in [3.8, 4) is 0 Å². The van der Waals surface area contributed by atoms with Gasteiger partial charge in [0.1, 0.15) is 5.41 Å². The minimum absolute atomic E-state index is 0.0166. The Kier molecular flexibility index (Phi) is 3.94. The van der Waals surface area contributed by atoms with Crippen LogP contribution in [0.15, 0.2) is 17.5 Å². The third-order valence-corrected chi connectivity index (χ3v) is 4.98. The summed E-state index contributed by atoms with van der Waals surface area (Å²) in [5.74, 6) is -1.21. The van der Waals surface area contributed by atoms with Crippen LogP contribution in [-0.2, 0) is 16.0 Å². The molecule has 1 fully saturated rings. The van der Waals surface area contributed by atoms with Gasteiger partial charge < -0.3 is 10.0 Å². The Morgan fingerprint density at radius 2 is 2.21 bits per heavy atom. The molecular weight excluding hydrogens is 262 g/mol. The van der Waals surface area contributed by atoms with Gasteiger partial charge in [-0.1, -0.05) is 12.5 Å². The van der Waals surface area contributed by atoms with Gasteiger partial charge in [0.25, 0.3) is 0 Å². The Balaban J connectivity index is 2.04. The van der Waals surface area contributed by atoms with E-state index in [0.717, 1.165) is 12.8 Å². The number of hydrogen-bond donors (Lipinski definition) is 1. The summed E-state index contributed by atoms with van der Waals surface area (Å²) in [6, 6.07) is 4.04. The maximum Gasteiger partial charge on any atom is 0.319 e. The summed E-state index contributed by atoms with van der Waals surface area (Å²) >= 11 is 1.66. The number of carboxylic acid groups (broad SMARTS) is 1. The Morgan fingerprint density at radius 3 is 2.63 bits per heavy atom. The van der Waals surface area contributed by atoms with Crippen molar-refractivity contribution in [1.82, 2.24) is 4.90 Å². The normalized spacial score (nSPS) is 18.4. The van der Waals surface area contributed by atoms with Gasteiger partial charge in [-0.15, -0.1) is 11.3 Å². The first kappa shape index (κ1) is 14.1. The lowest BCUT2D eigenvalue weighted by molar-refractivity contribution is -0.167. The van der Waals surface area contributed by atoms with Gasteiger partial charge >= 0.3 is 5.97 Å². The van der Waals surface area contributed by atoms with Crippen LogP contribution in [0.1, 0.15) is 31.1 Å². The lowest BCUT2D eigenvalue weighted by atomic mass is 9.67. The first-order valence-electron chi connectivity index (χ1n) is 6.50. The van der Waals surface area contributed by atoms with Gasteiger partial charge in [-0.05, 0) is 31.2 Å². The summed E-state index contributed by atoms with van der Waals surface area (Å²) < 4.78 is 0. The van der Waals surface area contributed by atoms with E-state index in [1.54, 1.807) is 23.3 Å². The molecule has 1 amide bonds. The van der Waals surface area contributed by atoms with Crippen molar-refractivity contribution in [1.29, 1.82) is 0 Å². The molecule has 1 N–H and O–H groups in total. The molecule has 1 saturated carbocycles. The molecule has 1 heterocycles. The number of aliphatic carboxylic acids is 1. The first-order chi connectivity index (χ1) is 8.97.